The fourth-order valence-corrected chi connectivity index (χ4v) is 7.75. The molecule has 2 unspecified atom stereocenters. The average molecular weight is 733 g/mol. The summed E-state index contributed by atoms with van der Waals surface area (Å²) in [6, 6.07) is 48.0. The summed E-state index contributed by atoms with van der Waals surface area (Å²) in [5.41, 5.74) is 11.5. The molecule has 10 nitrogen and oxygen atoms in total. The van der Waals surface area contributed by atoms with Crippen molar-refractivity contribution in [3.63, 3.8) is 0 Å². The first-order valence-corrected chi connectivity index (χ1v) is 17.9. The summed E-state index contributed by atoms with van der Waals surface area (Å²) in [5.74, 6) is 0. The molecule has 6 aromatic rings. The average Bonchev–Trinajstić information content (AvgIpc) is 3.74. The number of nitro groups is 2. The predicted octanol–water partition coefficient (Wildman–Crippen LogP) is 10.3. The lowest BCUT2D eigenvalue weighted by Crippen LogP contribution is -2.35. The van der Waals surface area contributed by atoms with Crippen LogP contribution in [0.4, 0.5) is 22.7 Å². The molecule has 0 saturated carbocycles. The highest BCUT2D eigenvalue weighted by atomic mass is 16.6. The Bertz CT molecular complexity index is 2650. The molecule has 0 aromatic heterocycles. The molecule has 0 fully saturated rings. The second kappa shape index (κ2) is 14.2. The van der Waals surface area contributed by atoms with E-state index in [0.717, 1.165) is 67.3 Å². The smallest absolute Gasteiger partial charge is 0.269 e. The molecular weight excluding hydrogens is 701 g/mol. The summed E-state index contributed by atoms with van der Waals surface area (Å²) in [5, 5.41) is 43.3. The van der Waals surface area contributed by atoms with Crippen molar-refractivity contribution in [2.75, 3.05) is 9.80 Å². The monoisotopic (exact) mass is 732 g/mol. The molecule has 8 rings (SSSR count). The predicted molar refractivity (Wildman–Crippen MR) is 216 cm³/mol. The third-order valence-corrected chi connectivity index (χ3v) is 10.4. The van der Waals surface area contributed by atoms with Gasteiger partial charge in [0.25, 0.3) is 11.4 Å². The van der Waals surface area contributed by atoms with E-state index < -0.39 is 21.9 Å². The van der Waals surface area contributed by atoms with Crippen molar-refractivity contribution in [3.05, 3.63) is 216 Å². The van der Waals surface area contributed by atoms with E-state index in [9.17, 15) is 30.8 Å². The van der Waals surface area contributed by atoms with E-state index in [4.69, 9.17) is 0 Å². The fourth-order valence-electron chi connectivity index (χ4n) is 7.75. The maximum atomic E-state index is 11.9. The molecule has 0 amide bonds. The van der Waals surface area contributed by atoms with E-state index in [1.807, 2.05) is 50.2 Å². The van der Waals surface area contributed by atoms with Crippen LogP contribution in [0.15, 0.2) is 151 Å². The van der Waals surface area contributed by atoms with Crippen molar-refractivity contribution in [2.45, 2.75) is 25.9 Å². The summed E-state index contributed by atoms with van der Waals surface area (Å²) in [7, 11) is 0. The molecule has 2 aliphatic heterocycles. The maximum absolute atomic E-state index is 11.9. The summed E-state index contributed by atoms with van der Waals surface area (Å²) in [6.07, 6.45) is 0. The summed E-state index contributed by atoms with van der Waals surface area (Å²) >= 11 is 0. The largest absolute Gasteiger partial charge is 0.348 e. The van der Waals surface area contributed by atoms with E-state index in [0.29, 0.717) is 11.1 Å². The molecule has 0 spiro atoms. The Balaban J connectivity index is 1.53. The molecule has 56 heavy (non-hydrogen) atoms. The van der Waals surface area contributed by atoms with E-state index in [2.05, 4.69) is 58.3 Å². The number of nitrogens with zero attached hydrogens (tertiary/aromatic N) is 6. The number of anilines is 2. The zero-order valence-electron chi connectivity index (χ0n) is 30.3. The first-order valence-electron chi connectivity index (χ1n) is 17.9. The van der Waals surface area contributed by atoms with Crippen molar-refractivity contribution in [3.8, 4) is 12.1 Å². The van der Waals surface area contributed by atoms with Gasteiger partial charge in [-0.25, -0.2) is 0 Å². The van der Waals surface area contributed by atoms with Gasteiger partial charge in [-0.3, -0.25) is 20.2 Å². The van der Waals surface area contributed by atoms with Crippen LogP contribution in [0.2, 0.25) is 0 Å². The van der Waals surface area contributed by atoms with Crippen LogP contribution in [0.1, 0.15) is 50.5 Å². The number of hydrogen-bond acceptors (Lipinski definition) is 8. The number of hydrogen-bond donors (Lipinski definition) is 0. The van der Waals surface area contributed by atoms with Crippen molar-refractivity contribution >= 4 is 39.6 Å². The Morgan fingerprint density at radius 2 is 0.946 bits per heavy atom. The zero-order valence-corrected chi connectivity index (χ0v) is 30.3. The highest BCUT2D eigenvalue weighted by Crippen LogP contribution is 2.59. The number of non-ortho nitro benzene ring substituents is 2. The quantitative estimate of drug-likeness (QED) is 0.111. The van der Waals surface area contributed by atoms with E-state index in [-0.39, 0.29) is 11.4 Å². The van der Waals surface area contributed by atoms with Crippen molar-refractivity contribution in [2.24, 2.45) is 0 Å². The summed E-state index contributed by atoms with van der Waals surface area (Å²) < 4.78 is 0. The van der Waals surface area contributed by atoms with Gasteiger partial charge in [0.2, 0.25) is 0 Å². The van der Waals surface area contributed by atoms with Crippen LogP contribution >= 0.6 is 0 Å². The Morgan fingerprint density at radius 3 is 1.41 bits per heavy atom. The third kappa shape index (κ3) is 6.11. The van der Waals surface area contributed by atoms with Crippen LogP contribution in [0, 0.1) is 56.7 Å². The third-order valence-electron chi connectivity index (χ3n) is 10.4. The van der Waals surface area contributed by atoms with Crippen LogP contribution in [0.25, 0.3) is 16.8 Å². The molecule has 270 valence electrons. The molecule has 10 heteroatoms. The van der Waals surface area contributed by atoms with Crippen LogP contribution < -0.4 is 9.80 Å². The number of fused-ring (bicyclic) bond motifs is 1. The van der Waals surface area contributed by atoms with Crippen molar-refractivity contribution in [1.29, 1.82) is 10.5 Å². The summed E-state index contributed by atoms with van der Waals surface area (Å²) in [6.45, 7) is 4.05. The van der Waals surface area contributed by atoms with Crippen molar-refractivity contribution in [1.82, 2.24) is 0 Å². The molecule has 0 radical (unpaired) electrons. The van der Waals surface area contributed by atoms with E-state index in [1.165, 1.54) is 24.3 Å². The van der Waals surface area contributed by atoms with Crippen LogP contribution in [0.5, 0.6) is 0 Å². The molecule has 6 aromatic carbocycles. The first kappa shape index (κ1) is 35.2. The fraction of sp³-hybridized carbons (Fsp3) is 0.0870. The molecule has 0 aliphatic carbocycles. The lowest BCUT2D eigenvalue weighted by atomic mass is 9.91. The molecule has 0 bridgehead atoms. The molecule has 2 atom stereocenters. The second-order valence-corrected chi connectivity index (χ2v) is 13.8. The Kier molecular flexibility index (Phi) is 8.93. The SMILES string of the molecule is Cc1ccc(N2C(c3ccc(C#N)cc3)=C(c3ccc([N+](=O)[O-])cc3)C3C2=C(c2ccc([N+](=O)[O-])cc2)C(c2ccc(C#N)cc2)N3c2ccc(C)cc2)cc1. The molecule has 0 N–H and O–H groups in total. The van der Waals surface area contributed by atoms with Gasteiger partial charge in [0.15, 0.2) is 0 Å². The number of rotatable bonds is 8. The van der Waals surface area contributed by atoms with Gasteiger partial charge in [-0.15, -0.1) is 0 Å². The first-order chi connectivity index (χ1) is 27.2. The van der Waals surface area contributed by atoms with Crippen LogP contribution in [-0.2, 0) is 0 Å². The van der Waals surface area contributed by atoms with E-state index >= 15 is 0 Å². The zero-order chi connectivity index (χ0) is 39.1. The highest BCUT2D eigenvalue weighted by molar-refractivity contribution is 6.12. The van der Waals surface area contributed by atoms with E-state index in [1.54, 1.807) is 48.5 Å². The Hall–Kier alpha value is -7.82. The minimum absolute atomic E-state index is 0.0380. The van der Waals surface area contributed by atoms with Gasteiger partial charge in [0.1, 0.15) is 0 Å². The van der Waals surface area contributed by atoms with Gasteiger partial charge in [0.05, 0.1) is 56.6 Å². The molecular formula is C46H32N6O4. The number of nitro benzene ring substituents is 2. The summed E-state index contributed by atoms with van der Waals surface area (Å²) in [4.78, 5) is 27.5. The van der Waals surface area contributed by atoms with Gasteiger partial charge < -0.3 is 9.80 Å². The van der Waals surface area contributed by atoms with Crippen molar-refractivity contribution < 1.29 is 9.85 Å². The minimum atomic E-state index is -0.503. The second-order valence-electron chi connectivity index (χ2n) is 13.8. The number of benzene rings is 6. The van der Waals surface area contributed by atoms with Gasteiger partial charge in [0, 0.05) is 46.8 Å². The number of nitriles is 2. The van der Waals surface area contributed by atoms with Gasteiger partial charge in [-0.2, -0.15) is 10.5 Å². The molecule has 2 heterocycles. The molecule has 2 aliphatic rings. The van der Waals surface area contributed by atoms with Gasteiger partial charge in [-0.1, -0.05) is 59.7 Å². The maximum Gasteiger partial charge on any atom is 0.269 e. The van der Waals surface area contributed by atoms with Crippen LogP contribution in [0.3, 0.4) is 0 Å². The Labute approximate surface area is 323 Å². The molecule has 0 saturated heterocycles. The minimum Gasteiger partial charge on any atom is -0.348 e. The normalized spacial score (nSPS) is 16.1. The standard InChI is InChI=1S/C46H32N6O4/c1-29-3-19-37(20-4-29)49-43(35-11-7-31(27-47)8-12-35)41(33-15-23-39(24-16-33)51(53)54)46-45(49)42(34-17-25-40(26-18-34)52(55)56)44(36-13-9-32(28-48)10-14-36)50(46)38-21-5-30(2)6-22-38/h3-26,43,45H,1-2H3. The lowest BCUT2D eigenvalue weighted by molar-refractivity contribution is -0.385. The van der Waals surface area contributed by atoms with Gasteiger partial charge in [-0.05, 0) is 109 Å². The highest BCUT2D eigenvalue weighted by Gasteiger charge is 2.52. The van der Waals surface area contributed by atoms with Gasteiger partial charge >= 0.3 is 0 Å². The lowest BCUT2D eigenvalue weighted by Gasteiger charge is -2.35. The topological polar surface area (TPSA) is 140 Å². The number of aryl methyl sites for hydroxylation is 2. The van der Waals surface area contributed by atoms with Crippen LogP contribution in [-0.4, -0.2) is 15.9 Å². The Morgan fingerprint density at radius 1 is 0.518 bits per heavy atom.